The maximum absolute atomic E-state index is 12.2. The van der Waals surface area contributed by atoms with Crippen molar-refractivity contribution in [2.45, 2.75) is 20.0 Å². The van der Waals surface area contributed by atoms with E-state index in [2.05, 4.69) is 15.6 Å². The summed E-state index contributed by atoms with van der Waals surface area (Å²) in [6.45, 7) is 1.61. The number of ether oxygens (including phenoxy) is 2. The van der Waals surface area contributed by atoms with Gasteiger partial charge in [-0.3, -0.25) is 14.4 Å². The lowest BCUT2D eigenvalue weighted by atomic mass is 10.2. The highest BCUT2D eigenvalue weighted by Crippen LogP contribution is 2.16. The van der Waals surface area contributed by atoms with Crippen molar-refractivity contribution in [3.8, 4) is 5.75 Å². The number of para-hydroxylation sites is 1. The fourth-order valence-corrected chi connectivity index (χ4v) is 3.54. The minimum absolute atomic E-state index is 0.0379. The number of hydrogen-bond acceptors (Lipinski definition) is 7. The van der Waals surface area contributed by atoms with Gasteiger partial charge in [-0.2, -0.15) is 0 Å². The molecule has 2 N–H and O–H groups in total. The first-order chi connectivity index (χ1) is 15.4. The van der Waals surface area contributed by atoms with Crippen LogP contribution in [0.5, 0.6) is 5.75 Å². The number of methoxy groups -OCH3 is 1. The Morgan fingerprint density at radius 1 is 1.09 bits per heavy atom. The van der Waals surface area contributed by atoms with Gasteiger partial charge in [-0.1, -0.05) is 24.3 Å². The average Bonchev–Trinajstić information content (AvgIpc) is 3.24. The van der Waals surface area contributed by atoms with Gasteiger partial charge in [-0.15, -0.1) is 11.3 Å². The molecule has 0 atom stereocenters. The van der Waals surface area contributed by atoms with Crippen molar-refractivity contribution < 1.29 is 23.9 Å². The number of carbonyl (C=O) groups excluding carboxylic acids is 3. The molecule has 0 bridgehead atoms. The van der Waals surface area contributed by atoms with Gasteiger partial charge in [0.2, 0.25) is 5.91 Å². The number of rotatable bonds is 9. The Morgan fingerprint density at radius 3 is 2.69 bits per heavy atom. The molecule has 3 aromatic rings. The number of nitrogens with one attached hydrogen (secondary N) is 2. The molecule has 1 aromatic heterocycles. The van der Waals surface area contributed by atoms with Crippen molar-refractivity contribution in [3.63, 3.8) is 0 Å². The largest absolute Gasteiger partial charge is 0.497 e. The molecule has 166 valence electrons. The summed E-state index contributed by atoms with van der Waals surface area (Å²) in [5.74, 6) is -0.617. The Labute approximate surface area is 189 Å². The predicted molar refractivity (Wildman–Crippen MR) is 121 cm³/mol. The van der Waals surface area contributed by atoms with Crippen molar-refractivity contribution in [1.29, 1.82) is 0 Å². The van der Waals surface area contributed by atoms with E-state index in [1.807, 2.05) is 31.2 Å². The minimum Gasteiger partial charge on any atom is -0.497 e. The molecule has 2 aromatic carbocycles. The Hall–Kier alpha value is -3.72. The first kappa shape index (κ1) is 23.0. The molecule has 0 saturated carbocycles. The summed E-state index contributed by atoms with van der Waals surface area (Å²) >= 11 is 1.32. The zero-order valence-corrected chi connectivity index (χ0v) is 18.5. The second kappa shape index (κ2) is 11.1. The summed E-state index contributed by atoms with van der Waals surface area (Å²) in [5, 5.41) is 7.72. The first-order valence-corrected chi connectivity index (χ1v) is 10.7. The van der Waals surface area contributed by atoms with Crippen LogP contribution in [0.4, 0.5) is 5.69 Å². The summed E-state index contributed by atoms with van der Waals surface area (Å²) in [6, 6.07) is 14.1. The van der Waals surface area contributed by atoms with E-state index in [1.54, 1.807) is 29.6 Å². The number of aryl methyl sites for hydroxylation is 1. The minimum atomic E-state index is -0.590. The Kier molecular flexibility index (Phi) is 7.93. The summed E-state index contributed by atoms with van der Waals surface area (Å²) in [4.78, 5) is 40.6. The maximum Gasteiger partial charge on any atom is 0.325 e. The van der Waals surface area contributed by atoms with Crippen molar-refractivity contribution >= 4 is 34.8 Å². The second-order valence-electron chi connectivity index (χ2n) is 6.85. The van der Waals surface area contributed by atoms with Crippen LogP contribution in [0, 0.1) is 6.92 Å². The molecule has 0 aliphatic rings. The van der Waals surface area contributed by atoms with Gasteiger partial charge in [-0.25, -0.2) is 4.98 Å². The lowest BCUT2D eigenvalue weighted by Crippen LogP contribution is -2.30. The lowest BCUT2D eigenvalue weighted by Gasteiger charge is -2.07. The Bertz CT molecular complexity index is 1110. The number of hydrogen-bond donors (Lipinski definition) is 2. The third-order valence-corrected chi connectivity index (χ3v) is 5.33. The molecule has 32 heavy (non-hydrogen) atoms. The van der Waals surface area contributed by atoms with Gasteiger partial charge >= 0.3 is 5.97 Å². The normalized spacial score (nSPS) is 10.3. The maximum atomic E-state index is 12.2. The van der Waals surface area contributed by atoms with E-state index in [0.29, 0.717) is 22.0 Å². The molecule has 1 heterocycles. The molecule has 0 radical (unpaired) electrons. The number of carbonyl (C=O) groups is 3. The summed E-state index contributed by atoms with van der Waals surface area (Å²) in [5.41, 5.74) is 2.66. The number of thiazole rings is 1. The fourth-order valence-electron chi connectivity index (χ4n) is 2.77. The Balaban J connectivity index is 1.42. The monoisotopic (exact) mass is 453 g/mol. The van der Waals surface area contributed by atoms with E-state index in [-0.39, 0.29) is 25.5 Å². The van der Waals surface area contributed by atoms with E-state index in [9.17, 15) is 14.4 Å². The van der Waals surface area contributed by atoms with Gasteiger partial charge in [0.05, 0.1) is 19.2 Å². The zero-order valence-electron chi connectivity index (χ0n) is 17.7. The molecular weight excluding hydrogens is 430 g/mol. The van der Waals surface area contributed by atoms with Crippen molar-refractivity contribution in [3.05, 3.63) is 75.7 Å². The molecule has 3 rings (SSSR count). The van der Waals surface area contributed by atoms with Crippen LogP contribution in [0.2, 0.25) is 0 Å². The molecule has 9 heteroatoms. The summed E-state index contributed by atoms with van der Waals surface area (Å²) < 4.78 is 10.2. The molecule has 0 aliphatic heterocycles. The molecule has 0 unspecified atom stereocenters. The van der Waals surface area contributed by atoms with Crippen LogP contribution in [-0.2, 0) is 27.4 Å². The molecule has 0 aliphatic carbocycles. The van der Waals surface area contributed by atoms with Gasteiger partial charge in [-0.05, 0) is 36.8 Å². The topological polar surface area (TPSA) is 107 Å². The smallest absolute Gasteiger partial charge is 0.325 e. The number of aromatic nitrogens is 1. The summed E-state index contributed by atoms with van der Waals surface area (Å²) in [7, 11) is 1.51. The van der Waals surface area contributed by atoms with Crippen LogP contribution >= 0.6 is 11.3 Å². The lowest BCUT2D eigenvalue weighted by molar-refractivity contribution is -0.143. The van der Waals surface area contributed by atoms with E-state index in [0.717, 1.165) is 11.3 Å². The molecular formula is C23H23N3O5S. The van der Waals surface area contributed by atoms with E-state index in [4.69, 9.17) is 9.47 Å². The number of nitrogens with zero attached hydrogens (tertiary/aromatic N) is 1. The molecule has 0 spiro atoms. The number of amides is 2. The van der Waals surface area contributed by atoms with Gasteiger partial charge < -0.3 is 20.1 Å². The highest BCUT2D eigenvalue weighted by molar-refractivity contribution is 7.09. The Morgan fingerprint density at radius 2 is 1.91 bits per heavy atom. The summed E-state index contributed by atoms with van der Waals surface area (Å²) in [6.07, 6.45) is 0.129. The van der Waals surface area contributed by atoms with Crippen molar-refractivity contribution in [2.75, 3.05) is 19.0 Å². The van der Waals surface area contributed by atoms with Gasteiger partial charge in [0.1, 0.15) is 23.9 Å². The fraction of sp³-hybridized carbons (Fsp3) is 0.217. The molecule has 2 amide bonds. The quantitative estimate of drug-likeness (QED) is 0.482. The van der Waals surface area contributed by atoms with Gasteiger partial charge in [0.25, 0.3) is 5.91 Å². The zero-order chi connectivity index (χ0) is 22.9. The average molecular weight is 454 g/mol. The van der Waals surface area contributed by atoms with E-state index < -0.39 is 11.9 Å². The third kappa shape index (κ3) is 6.64. The van der Waals surface area contributed by atoms with Crippen LogP contribution in [0.15, 0.2) is 53.9 Å². The third-order valence-electron chi connectivity index (χ3n) is 4.44. The number of anilines is 1. The first-order valence-electron chi connectivity index (χ1n) is 9.81. The van der Waals surface area contributed by atoms with Crippen LogP contribution in [0.3, 0.4) is 0 Å². The highest BCUT2D eigenvalue weighted by Gasteiger charge is 2.12. The van der Waals surface area contributed by atoms with Crippen LogP contribution in [-0.4, -0.2) is 36.4 Å². The molecule has 0 fully saturated rings. The molecule has 0 saturated heterocycles. The van der Waals surface area contributed by atoms with E-state index >= 15 is 0 Å². The van der Waals surface area contributed by atoms with Crippen LogP contribution in [0.1, 0.15) is 26.6 Å². The van der Waals surface area contributed by atoms with Crippen LogP contribution in [0.25, 0.3) is 0 Å². The number of esters is 1. The van der Waals surface area contributed by atoms with Gasteiger partial charge in [0.15, 0.2) is 0 Å². The highest BCUT2D eigenvalue weighted by atomic mass is 32.1. The van der Waals surface area contributed by atoms with Crippen LogP contribution < -0.4 is 15.4 Å². The SMILES string of the molecule is COc1cccc(C(=O)NCC(=O)OCc2csc(CC(=O)Nc3ccccc3C)n2)c1. The number of benzene rings is 2. The molecule has 8 nitrogen and oxygen atoms in total. The van der Waals surface area contributed by atoms with Crippen molar-refractivity contribution in [2.24, 2.45) is 0 Å². The predicted octanol–water partition coefficient (Wildman–Crippen LogP) is 3.11. The standard InChI is InChI=1S/C23H23N3O5S/c1-15-6-3-4-9-19(15)26-20(27)11-21-25-17(14-32-21)13-31-22(28)12-24-23(29)16-7-5-8-18(10-16)30-2/h3-10,14H,11-13H2,1-2H3,(H,24,29)(H,26,27). The van der Waals surface area contributed by atoms with E-state index in [1.165, 1.54) is 18.4 Å². The second-order valence-corrected chi connectivity index (χ2v) is 7.79. The van der Waals surface area contributed by atoms with Gasteiger partial charge in [0, 0.05) is 16.6 Å². The van der Waals surface area contributed by atoms with Crippen molar-refractivity contribution in [1.82, 2.24) is 10.3 Å².